The molecular formula is C18H22N2. The molecule has 2 nitrogen and oxygen atoms in total. The normalized spacial score (nSPS) is 15.3. The van der Waals surface area contributed by atoms with Crippen molar-refractivity contribution in [3.63, 3.8) is 0 Å². The Hall–Kier alpha value is -1.96. The van der Waals surface area contributed by atoms with Gasteiger partial charge in [-0.2, -0.15) is 0 Å². The number of benzene rings is 1. The molecule has 0 saturated carbocycles. The molecule has 1 unspecified atom stereocenters. The van der Waals surface area contributed by atoms with Crippen molar-refractivity contribution in [1.29, 1.82) is 0 Å². The highest BCUT2D eigenvalue weighted by Crippen LogP contribution is 2.12. The van der Waals surface area contributed by atoms with Crippen LogP contribution in [0.5, 0.6) is 0 Å². The lowest BCUT2D eigenvalue weighted by Gasteiger charge is -2.07. The molecule has 0 radical (unpaired) electrons. The van der Waals surface area contributed by atoms with E-state index >= 15 is 0 Å². The number of rotatable bonds is 5. The molecule has 0 amide bonds. The van der Waals surface area contributed by atoms with E-state index in [1.165, 1.54) is 12.8 Å². The maximum atomic E-state index is 4.63. The summed E-state index contributed by atoms with van der Waals surface area (Å²) < 4.78 is 0. The number of nitrogens with zero attached hydrogens (tertiary/aromatic N) is 2. The zero-order valence-electron chi connectivity index (χ0n) is 12.3. The summed E-state index contributed by atoms with van der Waals surface area (Å²) in [6.45, 7) is 5.38. The lowest BCUT2D eigenvalue weighted by atomic mass is 10.1. The van der Waals surface area contributed by atoms with Gasteiger partial charge >= 0.3 is 0 Å². The molecule has 2 heteroatoms. The molecule has 20 heavy (non-hydrogen) atoms. The summed E-state index contributed by atoms with van der Waals surface area (Å²) in [7, 11) is 0. The van der Waals surface area contributed by atoms with Crippen LogP contribution < -0.4 is 0 Å². The number of hydrogen-bond acceptors (Lipinski definition) is 2. The average Bonchev–Trinajstić information content (AvgIpc) is 2.48. The molecule has 0 saturated heterocycles. The van der Waals surface area contributed by atoms with Crippen LogP contribution in [-0.4, -0.2) is 18.0 Å². The van der Waals surface area contributed by atoms with E-state index in [2.05, 4.69) is 23.8 Å². The lowest BCUT2D eigenvalue weighted by molar-refractivity contribution is 0.538. The van der Waals surface area contributed by atoms with Crippen molar-refractivity contribution in [2.75, 3.05) is 6.54 Å². The summed E-state index contributed by atoms with van der Waals surface area (Å²) >= 11 is 0. The van der Waals surface area contributed by atoms with E-state index in [1.54, 1.807) is 0 Å². The third-order valence-corrected chi connectivity index (χ3v) is 3.23. The highest BCUT2D eigenvalue weighted by molar-refractivity contribution is 6.18. The number of para-hydroxylation sites is 1. The zero-order chi connectivity index (χ0) is 14.2. The zero-order valence-corrected chi connectivity index (χ0v) is 12.3. The summed E-state index contributed by atoms with van der Waals surface area (Å²) in [5.74, 6) is 0.661. The van der Waals surface area contributed by atoms with Gasteiger partial charge in [0.2, 0.25) is 0 Å². The van der Waals surface area contributed by atoms with E-state index in [0.29, 0.717) is 5.92 Å². The molecule has 1 aromatic carbocycles. The van der Waals surface area contributed by atoms with Crippen LogP contribution in [-0.2, 0) is 0 Å². The van der Waals surface area contributed by atoms with Crippen molar-refractivity contribution >= 4 is 17.1 Å². The van der Waals surface area contributed by atoms with E-state index in [4.69, 9.17) is 0 Å². The molecule has 104 valence electrons. The molecule has 0 fully saturated rings. The summed E-state index contributed by atoms with van der Waals surface area (Å²) in [6.07, 6.45) is 10.6. The van der Waals surface area contributed by atoms with Gasteiger partial charge in [0.25, 0.3) is 0 Å². The maximum Gasteiger partial charge on any atom is 0.0638 e. The molecule has 0 heterocycles. The van der Waals surface area contributed by atoms with Gasteiger partial charge in [0.05, 0.1) is 17.1 Å². The predicted molar refractivity (Wildman–Crippen MR) is 88.2 cm³/mol. The molecule has 1 atom stereocenters. The molecule has 0 spiro atoms. The molecule has 2 rings (SSSR count). The van der Waals surface area contributed by atoms with Crippen molar-refractivity contribution in [1.82, 2.24) is 0 Å². The quantitative estimate of drug-likeness (QED) is 0.686. The van der Waals surface area contributed by atoms with Gasteiger partial charge in [-0.05, 0) is 48.8 Å². The largest absolute Gasteiger partial charge is 0.285 e. The minimum atomic E-state index is 0.661. The van der Waals surface area contributed by atoms with Crippen molar-refractivity contribution in [2.45, 2.75) is 26.7 Å². The van der Waals surface area contributed by atoms with Crippen LogP contribution >= 0.6 is 0 Å². The van der Waals surface area contributed by atoms with E-state index in [1.807, 2.05) is 54.6 Å². The van der Waals surface area contributed by atoms with Gasteiger partial charge in [-0.1, -0.05) is 38.5 Å². The monoisotopic (exact) mass is 266 g/mol. The summed E-state index contributed by atoms with van der Waals surface area (Å²) in [6, 6.07) is 10.0. The Morgan fingerprint density at radius 1 is 0.950 bits per heavy atom. The first-order valence-electron chi connectivity index (χ1n) is 7.32. The van der Waals surface area contributed by atoms with Crippen molar-refractivity contribution in [3.05, 3.63) is 54.6 Å². The molecule has 1 aliphatic rings. The van der Waals surface area contributed by atoms with E-state index in [9.17, 15) is 0 Å². The third-order valence-electron chi connectivity index (χ3n) is 3.23. The lowest BCUT2D eigenvalue weighted by Crippen LogP contribution is -2.04. The van der Waals surface area contributed by atoms with Gasteiger partial charge in [-0.25, -0.2) is 4.99 Å². The highest BCUT2D eigenvalue weighted by atomic mass is 14.8. The Labute approximate surface area is 121 Å². The van der Waals surface area contributed by atoms with Gasteiger partial charge in [-0.3, -0.25) is 4.99 Å². The van der Waals surface area contributed by atoms with E-state index in [-0.39, 0.29) is 0 Å². The van der Waals surface area contributed by atoms with Gasteiger partial charge in [0.15, 0.2) is 0 Å². The fourth-order valence-corrected chi connectivity index (χ4v) is 2.13. The second-order valence-electron chi connectivity index (χ2n) is 5.20. The first kappa shape index (κ1) is 14.4. The smallest absolute Gasteiger partial charge is 0.0638 e. The Morgan fingerprint density at radius 2 is 1.60 bits per heavy atom. The molecule has 0 aliphatic heterocycles. The average molecular weight is 266 g/mol. The van der Waals surface area contributed by atoms with Gasteiger partial charge in [-0.15, -0.1) is 0 Å². The topological polar surface area (TPSA) is 24.7 Å². The summed E-state index contributed by atoms with van der Waals surface area (Å²) in [5, 5.41) is 0. The fourth-order valence-electron chi connectivity index (χ4n) is 2.13. The van der Waals surface area contributed by atoms with Crippen molar-refractivity contribution in [2.24, 2.45) is 15.9 Å². The van der Waals surface area contributed by atoms with Crippen LogP contribution in [0.4, 0.5) is 5.69 Å². The molecule has 0 bridgehead atoms. The minimum absolute atomic E-state index is 0.661. The predicted octanol–water partition coefficient (Wildman–Crippen LogP) is 4.76. The van der Waals surface area contributed by atoms with Crippen LogP contribution in [0.3, 0.4) is 0 Å². The Morgan fingerprint density at radius 3 is 2.25 bits per heavy atom. The van der Waals surface area contributed by atoms with Crippen molar-refractivity contribution < 1.29 is 0 Å². The summed E-state index contributed by atoms with van der Waals surface area (Å²) in [5.41, 5.74) is 2.99. The van der Waals surface area contributed by atoms with Crippen LogP contribution in [0.2, 0.25) is 0 Å². The minimum Gasteiger partial charge on any atom is -0.285 e. The Kier molecular flexibility index (Phi) is 5.48. The fraction of sp³-hybridized carbons (Fsp3) is 0.333. The standard InChI is InChI=1S/C18H22N2/c1-3-7-15(2)14-19-16-10-12-18(13-11-16)20-17-8-5-4-6-9-17/h4-6,8-13,15H,3,7,14H2,1-2H3. The van der Waals surface area contributed by atoms with Crippen LogP contribution in [0, 0.1) is 5.92 Å². The van der Waals surface area contributed by atoms with Gasteiger partial charge < -0.3 is 0 Å². The maximum absolute atomic E-state index is 4.63. The van der Waals surface area contributed by atoms with E-state index < -0.39 is 0 Å². The second kappa shape index (κ2) is 7.59. The SMILES string of the molecule is CCCC(C)CN=C1C=CC(=Nc2ccccc2)C=C1. The first-order chi connectivity index (χ1) is 9.78. The molecule has 1 aliphatic carbocycles. The van der Waals surface area contributed by atoms with Gasteiger partial charge in [0.1, 0.15) is 0 Å². The van der Waals surface area contributed by atoms with E-state index in [0.717, 1.165) is 23.7 Å². The molecule has 0 aromatic heterocycles. The van der Waals surface area contributed by atoms with Crippen LogP contribution in [0.25, 0.3) is 0 Å². The Bertz CT molecular complexity index is 518. The molecular weight excluding hydrogens is 244 g/mol. The van der Waals surface area contributed by atoms with Crippen LogP contribution in [0.15, 0.2) is 64.6 Å². The highest BCUT2D eigenvalue weighted by Gasteiger charge is 2.02. The second-order valence-corrected chi connectivity index (χ2v) is 5.20. The van der Waals surface area contributed by atoms with Crippen LogP contribution in [0.1, 0.15) is 26.7 Å². The number of hydrogen-bond donors (Lipinski definition) is 0. The summed E-state index contributed by atoms with van der Waals surface area (Å²) in [4.78, 5) is 9.20. The van der Waals surface area contributed by atoms with Gasteiger partial charge in [0, 0.05) is 6.54 Å². The molecule has 1 aromatic rings. The number of allylic oxidation sites excluding steroid dienone is 4. The first-order valence-corrected chi connectivity index (χ1v) is 7.32. The third kappa shape index (κ3) is 4.61. The number of aliphatic imine (C=N–C) groups is 2. The molecule has 0 N–H and O–H groups in total. The van der Waals surface area contributed by atoms with Crippen molar-refractivity contribution in [3.8, 4) is 0 Å². The Balaban J connectivity index is 1.96.